The Bertz CT molecular complexity index is 195. The summed E-state index contributed by atoms with van der Waals surface area (Å²) in [5, 5.41) is 14.5. The molecular weight excluding hydrogens is 140 g/mol. The first-order valence-corrected chi connectivity index (χ1v) is 2.51. The minimum atomic E-state index is 0.00309. The molecule has 0 aliphatic rings. The van der Waals surface area contributed by atoms with Crippen LogP contribution in [-0.2, 0) is 0 Å². The average molecular weight is 142 g/mol. The normalized spacial score (nSPS) is 6.50. The summed E-state index contributed by atoms with van der Waals surface area (Å²) < 4.78 is 0.113. The number of rotatable bonds is 1. The zero-order valence-corrected chi connectivity index (χ0v) is 5.51. The molecule has 4 heteroatoms. The molecule has 0 aliphatic carbocycles. The van der Waals surface area contributed by atoms with Crippen LogP contribution in [0.25, 0.3) is 0 Å². The Labute approximate surface area is 57.7 Å². The summed E-state index contributed by atoms with van der Waals surface area (Å²) in [5.74, 6) is 1.84. The quantitative estimate of drug-likeness (QED) is 0.188. The van der Waals surface area contributed by atoms with Crippen LogP contribution >= 0.6 is 24.8 Å². The molecule has 2 nitrogen and oxygen atoms in total. The zero-order valence-electron chi connectivity index (χ0n) is 3.80. The number of nitriles is 1. The topological polar surface area (TPSA) is 47.6 Å². The number of hydrogen-bond acceptors (Lipinski definition) is 3. The Balaban J connectivity index is 4.46. The number of thiocarbonyl (C=S) groups is 1. The van der Waals surface area contributed by atoms with Crippen molar-refractivity contribution in [1.29, 1.82) is 10.7 Å². The zero-order chi connectivity index (χ0) is 6.57. The highest BCUT2D eigenvalue weighted by atomic mass is 32.1. The van der Waals surface area contributed by atoms with Crippen molar-refractivity contribution in [2.45, 2.75) is 0 Å². The molecule has 0 unspecified atom stereocenters. The van der Waals surface area contributed by atoms with E-state index in [1.165, 1.54) is 0 Å². The Hall–Kier alpha value is -0.620. The third-order valence-electron chi connectivity index (χ3n) is 0.451. The van der Waals surface area contributed by atoms with Gasteiger partial charge in [0.1, 0.15) is 11.6 Å². The number of hydrogen-bond donors (Lipinski definition) is 2. The second-order valence-electron chi connectivity index (χ2n) is 0.917. The van der Waals surface area contributed by atoms with Gasteiger partial charge in [-0.25, -0.2) is 0 Å². The van der Waals surface area contributed by atoms with Crippen LogP contribution in [0.15, 0.2) is 5.57 Å². The second kappa shape index (κ2) is 3.39. The fraction of sp³-hybridized carbons (Fsp3) is 0. The molecule has 0 amide bonds. The van der Waals surface area contributed by atoms with Crippen molar-refractivity contribution in [3.8, 4) is 6.07 Å². The first kappa shape index (κ1) is 7.38. The lowest BCUT2D eigenvalue weighted by Gasteiger charge is -1.79. The van der Waals surface area contributed by atoms with Gasteiger partial charge in [0.05, 0.1) is 4.20 Å². The van der Waals surface area contributed by atoms with E-state index in [1.807, 2.05) is 5.87 Å². The fourth-order valence-electron chi connectivity index (χ4n) is 0.129. The summed E-state index contributed by atoms with van der Waals surface area (Å²) in [5.41, 5.74) is 0.00309. The van der Waals surface area contributed by atoms with Gasteiger partial charge in [-0.05, 0) is 5.87 Å². The Morgan fingerprint density at radius 2 is 2.25 bits per heavy atom. The molecule has 0 aliphatic heterocycles. The first-order chi connectivity index (χ1) is 3.72. The highest BCUT2D eigenvalue weighted by Gasteiger charge is 1.94. The van der Waals surface area contributed by atoms with Crippen molar-refractivity contribution in [2.24, 2.45) is 0 Å². The van der Waals surface area contributed by atoms with Crippen LogP contribution in [0, 0.1) is 16.7 Å². The van der Waals surface area contributed by atoms with Crippen molar-refractivity contribution in [2.75, 3.05) is 0 Å². The van der Waals surface area contributed by atoms with E-state index >= 15 is 0 Å². The van der Waals surface area contributed by atoms with Gasteiger partial charge in [-0.3, -0.25) is 5.41 Å². The molecule has 0 aromatic rings. The van der Waals surface area contributed by atoms with Crippen molar-refractivity contribution >= 4 is 34.9 Å². The Morgan fingerprint density at radius 1 is 1.75 bits per heavy atom. The molecule has 0 heterocycles. The molecule has 1 N–H and O–H groups in total. The van der Waals surface area contributed by atoms with Crippen LogP contribution in [0.5, 0.6) is 0 Å². The van der Waals surface area contributed by atoms with E-state index < -0.39 is 0 Å². The summed E-state index contributed by atoms with van der Waals surface area (Å²) in [4.78, 5) is 0. The number of nitrogens with one attached hydrogen (secondary N) is 1. The molecule has 0 rings (SSSR count). The molecule has 40 valence electrons. The minimum Gasteiger partial charge on any atom is -0.258 e. The molecule has 0 fully saturated rings. The summed E-state index contributed by atoms with van der Waals surface area (Å²) >= 11 is 8.08. The summed E-state index contributed by atoms with van der Waals surface area (Å²) in [6.45, 7) is 0. The molecule has 0 saturated carbocycles. The van der Waals surface area contributed by atoms with E-state index in [4.69, 9.17) is 10.7 Å². The molecule has 0 atom stereocenters. The van der Waals surface area contributed by atoms with Crippen molar-refractivity contribution in [3.05, 3.63) is 5.57 Å². The predicted octanol–water partition coefficient (Wildman–Crippen LogP) is 0.942. The van der Waals surface area contributed by atoms with Crippen LogP contribution in [0.4, 0.5) is 0 Å². The highest BCUT2D eigenvalue weighted by molar-refractivity contribution is 8.12. The van der Waals surface area contributed by atoms with E-state index in [0.717, 1.165) is 0 Å². The Kier molecular flexibility index (Phi) is 3.13. The van der Waals surface area contributed by atoms with Gasteiger partial charge < -0.3 is 0 Å². The van der Waals surface area contributed by atoms with Crippen LogP contribution < -0.4 is 0 Å². The van der Waals surface area contributed by atoms with E-state index in [1.54, 1.807) is 6.07 Å². The number of thiol groups is 1. The minimum absolute atomic E-state index is 0.00309. The van der Waals surface area contributed by atoms with Gasteiger partial charge >= 0.3 is 0 Å². The lowest BCUT2D eigenvalue weighted by atomic mass is 10.4. The summed E-state index contributed by atoms with van der Waals surface area (Å²) in [7, 11) is 0. The molecule has 0 saturated heterocycles. The lowest BCUT2D eigenvalue weighted by Crippen LogP contribution is -1.85. The summed E-state index contributed by atoms with van der Waals surface area (Å²) in [6, 6.07) is 1.65. The molecular formula is C4H2N2S2. The van der Waals surface area contributed by atoms with Gasteiger partial charge in [-0.1, -0.05) is 12.2 Å². The molecule has 8 heavy (non-hydrogen) atoms. The molecule has 0 bridgehead atoms. The standard InChI is InChI=1S/C4H2N2S2/c5-1-3(2-6)4(7)8/h5H,(H,7,8). The van der Waals surface area contributed by atoms with Gasteiger partial charge in [0.2, 0.25) is 0 Å². The maximum absolute atomic E-state index is 8.09. The van der Waals surface area contributed by atoms with Crippen LogP contribution in [0.2, 0.25) is 0 Å². The van der Waals surface area contributed by atoms with Gasteiger partial charge in [-0.2, -0.15) is 5.26 Å². The number of nitrogens with zero attached hydrogens (tertiary/aromatic N) is 1. The predicted molar refractivity (Wildman–Crippen MR) is 38.4 cm³/mol. The van der Waals surface area contributed by atoms with Crippen molar-refractivity contribution in [1.82, 2.24) is 0 Å². The fourth-order valence-corrected chi connectivity index (χ4v) is 0.332. The maximum atomic E-state index is 8.09. The Morgan fingerprint density at radius 3 is 2.25 bits per heavy atom. The monoisotopic (exact) mass is 142 g/mol. The summed E-state index contributed by atoms with van der Waals surface area (Å²) in [6.07, 6.45) is 0. The SMILES string of the molecule is N#CC(=C=N)C(=S)S. The third kappa shape index (κ3) is 1.90. The van der Waals surface area contributed by atoms with E-state index in [0.29, 0.717) is 0 Å². The molecule has 0 radical (unpaired) electrons. The third-order valence-corrected chi connectivity index (χ3v) is 0.878. The first-order valence-electron chi connectivity index (χ1n) is 1.65. The smallest absolute Gasteiger partial charge is 0.137 e. The van der Waals surface area contributed by atoms with E-state index in [9.17, 15) is 0 Å². The second-order valence-corrected chi connectivity index (χ2v) is 2.07. The molecule has 0 spiro atoms. The van der Waals surface area contributed by atoms with Gasteiger partial charge in [0, 0.05) is 0 Å². The van der Waals surface area contributed by atoms with Gasteiger partial charge in [0.25, 0.3) is 0 Å². The average Bonchev–Trinajstić information content (AvgIpc) is 1.69. The van der Waals surface area contributed by atoms with Crippen molar-refractivity contribution in [3.63, 3.8) is 0 Å². The largest absolute Gasteiger partial charge is 0.258 e. The van der Waals surface area contributed by atoms with Crippen LogP contribution in [0.3, 0.4) is 0 Å². The molecule has 0 aromatic heterocycles. The van der Waals surface area contributed by atoms with Crippen LogP contribution in [-0.4, -0.2) is 10.1 Å². The van der Waals surface area contributed by atoms with Crippen LogP contribution in [0.1, 0.15) is 0 Å². The van der Waals surface area contributed by atoms with Gasteiger partial charge in [-0.15, -0.1) is 12.6 Å². The highest BCUT2D eigenvalue weighted by Crippen LogP contribution is 1.94. The van der Waals surface area contributed by atoms with Gasteiger partial charge in [0.15, 0.2) is 0 Å². The van der Waals surface area contributed by atoms with Crippen molar-refractivity contribution < 1.29 is 0 Å². The maximum Gasteiger partial charge on any atom is 0.137 e. The van der Waals surface area contributed by atoms with E-state index in [2.05, 4.69) is 24.8 Å². The lowest BCUT2D eigenvalue weighted by molar-refractivity contribution is 1.52. The van der Waals surface area contributed by atoms with E-state index in [-0.39, 0.29) is 9.77 Å². The molecule has 0 aromatic carbocycles.